The van der Waals surface area contributed by atoms with Crippen LogP contribution in [0.4, 0.5) is 39.8 Å². The molecule has 3 N–H and O–H groups in total. The highest BCUT2D eigenvalue weighted by atomic mass is 127. The van der Waals surface area contributed by atoms with Gasteiger partial charge in [0.1, 0.15) is 0 Å². The molecule has 4 atom stereocenters. The van der Waals surface area contributed by atoms with Crippen molar-refractivity contribution in [3.05, 3.63) is 241 Å². The minimum atomic E-state index is -1.40. The monoisotopic (exact) mass is 1570 g/mol. The van der Waals surface area contributed by atoms with Gasteiger partial charge in [0.2, 0.25) is 0 Å². The highest BCUT2D eigenvalue weighted by Gasteiger charge is 2.25. The van der Waals surface area contributed by atoms with Gasteiger partial charge in [0.25, 0.3) is 0 Å². The summed E-state index contributed by atoms with van der Waals surface area (Å²) in [7, 11) is 10.6. The Morgan fingerprint density at radius 2 is 0.786 bits per heavy atom. The number of morpholine rings is 2. The van der Waals surface area contributed by atoms with Crippen LogP contribution in [-0.4, -0.2) is 125 Å². The van der Waals surface area contributed by atoms with Crippen molar-refractivity contribution in [1.29, 1.82) is 0 Å². The molecule has 15 nitrogen and oxygen atoms in total. The van der Waals surface area contributed by atoms with Gasteiger partial charge in [-0.3, -0.25) is 15.0 Å². The van der Waals surface area contributed by atoms with Gasteiger partial charge in [-0.1, -0.05) is 163 Å². The van der Waals surface area contributed by atoms with Gasteiger partial charge in [-0.2, -0.15) is 0 Å². The topological polar surface area (TPSA) is 136 Å². The number of para-hydroxylation sites is 3. The van der Waals surface area contributed by atoms with Gasteiger partial charge in [0, 0.05) is 123 Å². The first kappa shape index (κ1) is 75.3. The number of aromatic nitrogens is 3. The summed E-state index contributed by atoms with van der Waals surface area (Å²) < 4.78 is 13.7. The fourth-order valence-corrected chi connectivity index (χ4v) is 13.6. The highest BCUT2D eigenvalue weighted by molar-refractivity contribution is 14.1. The fraction of sp³-hybridized carbons (Fsp3) is 0.231. The largest absolute Gasteiger partial charge is 0.488 e. The van der Waals surface area contributed by atoms with Crippen molar-refractivity contribution in [3.8, 4) is 44.5 Å². The third kappa shape index (κ3) is 18.5. The van der Waals surface area contributed by atoms with Crippen LogP contribution < -0.4 is 30.4 Å². The van der Waals surface area contributed by atoms with E-state index in [0.29, 0.717) is 22.5 Å². The van der Waals surface area contributed by atoms with Gasteiger partial charge in [-0.25, -0.2) is 14.5 Å². The van der Waals surface area contributed by atoms with Gasteiger partial charge >= 0.3 is 7.12 Å². The summed E-state index contributed by atoms with van der Waals surface area (Å²) in [5, 5.41) is 24.7. The molecule has 0 saturated carbocycles. The minimum absolute atomic E-state index is 0. The SMILES string of the molecule is CNC.C[C@@H]1CN(c2ccc(B(O)O)cc2)C[C@H](C)O1.Cl.[C-]#[N+]c1ccc(-c2cccc3c(Cl)c(I)cnc23)cc1.[C-]#[N+]c1ccc(-c2cccc3c(N(C)C)c(-c4ccc(N5C[C@@H](C)O[C@@H](C)C5)cc4)cnc23)cc1.[C-]#[N+]c1ccc(-c2cccc3c(N(C)C)c(I)cnc23)cc1. The van der Waals surface area contributed by atoms with Crippen molar-refractivity contribution >= 4 is 154 Å². The average Bonchev–Trinajstić information content (AvgIpc) is 0.776. The van der Waals surface area contributed by atoms with Crippen molar-refractivity contribution in [2.75, 3.05) is 88.1 Å². The third-order valence-corrected chi connectivity index (χ3v) is 18.6. The zero-order chi connectivity index (χ0) is 69.4. The smallest absolute Gasteiger partial charge is 0.423 e. The lowest BCUT2D eigenvalue weighted by Gasteiger charge is -2.37. The summed E-state index contributed by atoms with van der Waals surface area (Å²) >= 11 is 10.8. The molecule has 98 heavy (non-hydrogen) atoms. The van der Waals surface area contributed by atoms with Crippen LogP contribution in [-0.2, 0) is 9.47 Å². The van der Waals surface area contributed by atoms with Gasteiger partial charge in [-0.05, 0) is 139 Å². The highest BCUT2D eigenvalue weighted by Crippen LogP contribution is 2.41. The Morgan fingerprint density at radius 3 is 1.15 bits per heavy atom. The van der Waals surface area contributed by atoms with Crippen LogP contribution >= 0.6 is 69.2 Å². The summed E-state index contributed by atoms with van der Waals surface area (Å²) in [6, 6.07) is 57.6. The number of fused-ring (bicyclic) bond motifs is 3. The molecule has 0 radical (unpaired) electrons. The van der Waals surface area contributed by atoms with E-state index in [1.165, 1.54) is 11.4 Å². The Labute approximate surface area is 614 Å². The predicted octanol–water partition coefficient (Wildman–Crippen LogP) is 17.9. The zero-order valence-electron chi connectivity index (χ0n) is 56.4. The van der Waals surface area contributed by atoms with Gasteiger partial charge in [0.15, 0.2) is 17.1 Å². The van der Waals surface area contributed by atoms with Crippen molar-refractivity contribution in [3.63, 3.8) is 0 Å². The standard InChI is InChI=1S/C30H30N4O.C18H14IN3.C16H8ClIN2.C12H18BNO3.C2H7N.ClH/c1-20-18-34(19-21(2)35-20)25-15-11-23(12-16-25)28-17-32-29-26(22-9-13-24(31-3)14-10-22)7-6-8-27(29)30(28)33(4)5;1-20-13-9-7-12(8-10-13)14-5-4-6-15-17(14)21-11-16(19)18(15)22(2)3;1-19-11-7-5-10(6-8-11)12-3-2-4-13-15(17)14(18)9-20-16(12)13;1-9-7-14(8-10(2)17-9)12-5-3-11(4-6-12)13(15)16;1-3-2;/h6-17,20-21H,18-19H2,1-2,4-5H3;4-11H,2-3H3;2-9H;3-6,9-10,15-16H,7-8H2,1-2H3;3H,1-2H3;1H/t20-,21+;;;9-,10+;;. The normalized spacial score (nSPS) is 15.3. The van der Waals surface area contributed by atoms with E-state index in [9.17, 15) is 0 Å². The molecule has 0 amide bonds. The fourth-order valence-electron chi connectivity index (χ4n) is 12.0. The molecule has 2 aliphatic heterocycles. The molecule has 2 saturated heterocycles. The van der Waals surface area contributed by atoms with Crippen molar-refractivity contribution in [2.24, 2.45) is 0 Å². The number of rotatable bonds is 9. The van der Waals surface area contributed by atoms with E-state index >= 15 is 0 Å². The van der Waals surface area contributed by atoms with E-state index in [1.54, 1.807) is 18.3 Å². The molecule has 0 aliphatic carbocycles. The van der Waals surface area contributed by atoms with Crippen LogP contribution in [0, 0.1) is 26.9 Å². The molecule has 500 valence electrons. The van der Waals surface area contributed by atoms with Gasteiger partial charge in [-0.15, -0.1) is 12.4 Å². The second kappa shape index (κ2) is 35.4. The number of hydrogen-bond acceptors (Lipinski definition) is 12. The van der Waals surface area contributed by atoms with E-state index in [0.717, 1.165) is 127 Å². The summed E-state index contributed by atoms with van der Waals surface area (Å²) in [5.74, 6) is 0. The molecule has 3 aromatic heterocycles. The van der Waals surface area contributed by atoms with E-state index in [1.807, 2.05) is 144 Å². The summed E-state index contributed by atoms with van der Waals surface area (Å²) in [5.41, 5.74) is 18.5. The van der Waals surface area contributed by atoms with E-state index in [4.69, 9.17) is 55.8 Å². The van der Waals surface area contributed by atoms with Crippen molar-refractivity contribution in [2.45, 2.75) is 52.1 Å². The van der Waals surface area contributed by atoms with Crippen molar-refractivity contribution < 1.29 is 19.5 Å². The van der Waals surface area contributed by atoms with Gasteiger partial charge < -0.3 is 44.4 Å². The molecule has 5 heterocycles. The van der Waals surface area contributed by atoms with Crippen LogP contribution in [0.25, 0.3) is 91.8 Å². The molecule has 0 bridgehead atoms. The molecular weight excluding hydrogens is 1490 g/mol. The van der Waals surface area contributed by atoms with Crippen LogP contribution in [0.2, 0.25) is 5.02 Å². The Morgan fingerprint density at radius 1 is 0.469 bits per heavy atom. The molecule has 8 aromatic carbocycles. The van der Waals surface area contributed by atoms with E-state index in [2.05, 4.69) is 197 Å². The number of benzene rings is 8. The quantitative estimate of drug-likeness (QED) is 0.0721. The van der Waals surface area contributed by atoms with Crippen LogP contribution in [0.1, 0.15) is 27.7 Å². The molecule has 0 spiro atoms. The molecule has 0 unspecified atom stereocenters. The van der Waals surface area contributed by atoms with Crippen molar-refractivity contribution in [1.82, 2.24) is 20.3 Å². The average molecular weight is 1570 g/mol. The maximum atomic E-state index is 9.03. The first-order valence-corrected chi connectivity index (χ1v) is 34.2. The number of ether oxygens (including phenoxy) is 2. The Bertz CT molecular complexity index is 4610. The summed E-state index contributed by atoms with van der Waals surface area (Å²) in [6.45, 7) is 33.2. The maximum Gasteiger partial charge on any atom is 0.488 e. The second-order valence-corrected chi connectivity index (χ2v) is 26.8. The zero-order valence-corrected chi connectivity index (χ0v) is 62.3. The minimum Gasteiger partial charge on any atom is -0.423 e. The Hall–Kier alpha value is -8.44. The molecule has 20 heteroatoms. The molecular formula is C78H78BCl2I2N11O4. The molecule has 2 aliphatic rings. The third-order valence-electron chi connectivity index (χ3n) is 16.2. The first-order valence-electron chi connectivity index (χ1n) is 31.7. The number of nitrogens with zero attached hydrogens (tertiary/aromatic N) is 10. The van der Waals surface area contributed by atoms with Gasteiger partial charge in [0.05, 0.1) is 84.2 Å². The number of pyridine rings is 3. The van der Waals surface area contributed by atoms with Crippen LogP contribution in [0.5, 0.6) is 0 Å². The molecule has 11 aromatic rings. The summed E-state index contributed by atoms with van der Waals surface area (Å²) in [4.78, 5) is 33.4. The number of nitrogens with one attached hydrogen (secondary N) is 1. The lowest BCUT2D eigenvalue weighted by atomic mass is 9.80. The Balaban J connectivity index is 0.000000170. The lowest BCUT2D eigenvalue weighted by Crippen LogP contribution is -2.45. The number of hydrogen-bond donors (Lipinski definition) is 3. The second-order valence-electron chi connectivity index (χ2n) is 24.1. The summed E-state index contributed by atoms with van der Waals surface area (Å²) in [6.07, 6.45) is 6.59. The number of halogens is 4. The van der Waals surface area contributed by atoms with E-state index < -0.39 is 7.12 Å². The maximum absolute atomic E-state index is 9.03. The van der Waals surface area contributed by atoms with Crippen LogP contribution in [0.15, 0.2) is 195 Å². The number of anilines is 4. The lowest BCUT2D eigenvalue weighted by molar-refractivity contribution is -0.00548. The van der Waals surface area contributed by atoms with Crippen LogP contribution in [0.3, 0.4) is 0 Å². The predicted molar refractivity (Wildman–Crippen MR) is 428 cm³/mol. The Kier molecular flexibility index (Phi) is 27.2. The first-order chi connectivity index (χ1) is 46.7. The molecule has 2 fully saturated rings. The van der Waals surface area contributed by atoms with E-state index in [-0.39, 0.29) is 36.8 Å². The molecule has 13 rings (SSSR count).